The Balaban J connectivity index is 0.00000328. The van der Waals surface area contributed by atoms with E-state index in [0.29, 0.717) is 19.8 Å². The molecule has 0 saturated heterocycles. The van der Waals surface area contributed by atoms with E-state index in [1.54, 1.807) is 14.0 Å². The summed E-state index contributed by atoms with van der Waals surface area (Å²) < 4.78 is 15.5. The molecule has 0 bridgehead atoms. The van der Waals surface area contributed by atoms with Crippen LogP contribution in [0, 0.1) is 0 Å². The molecule has 0 aliphatic carbocycles. The van der Waals surface area contributed by atoms with Gasteiger partial charge in [-0.15, -0.1) is 0 Å². The Morgan fingerprint density at radius 3 is 1.19 bits per heavy atom. The summed E-state index contributed by atoms with van der Waals surface area (Å²) >= 11 is 0. The summed E-state index contributed by atoms with van der Waals surface area (Å²) in [5, 5.41) is 2.76. The van der Waals surface area contributed by atoms with Crippen LogP contribution in [0.3, 0.4) is 0 Å². The average Bonchev–Trinajstić information content (AvgIpc) is 3.27. The van der Waals surface area contributed by atoms with Gasteiger partial charge in [0.25, 0.3) is 5.91 Å². The number of nitrogens with one attached hydrogen (secondary N) is 1. The van der Waals surface area contributed by atoms with Crippen molar-refractivity contribution in [1.29, 1.82) is 0 Å². The molecule has 7 heteroatoms. The van der Waals surface area contributed by atoms with E-state index in [0.717, 1.165) is 37.1 Å². The number of ether oxygens (including phenoxy) is 3. The molecule has 364 valence electrons. The maximum atomic E-state index is 13.6. The summed E-state index contributed by atoms with van der Waals surface area (Å²) in [7, 11) is 1.70. The van der Waals surface area contributed by atoms with Gasteiger partial charge in [0.2, 0.25) is 0 Å². The number of alkyl carbamates (subject to hydrolysis) is 1. The van der Waals surface area contributed by atoms with Gasteiger partial charge >= 0.3 is 6.09 Å². The molecule has 0 heterocycles. The zero-order valence-electron chi connectivity index (χ0n) is 42.5. The van der Waals surface area contributed by atoms with E-state index in [-0.39, 0.29) is 17.6 Å². The van der Waals surface area contributed by atoms with Gasteiger partial charge < -0.3 is 24.4 Å². The van der Waals surface area contributed by atoms with Crippen LogP contribution in [0.2, 0.25) is 0 Å². The Kier molecular flexibility index (Phi) is 42.6. The lowest BCUT2D eigenvalue weighted by Gasteiger charge is -2.23. The van der Waals surface area contributed by atoms with Gasteiger partial charge in [0, 0.05) is 32.3 Å². The normalized spacial score (nSPS) is 11.4. The number of methoxy groups -OCH3 is 1. The second kappa shape index (κ2) is 44.1. The largest absolute Gasteiger partial charge is 0.450 e. The van der Waals surface area contributed by atoms with E-state index in [1.807, 2.05) is 52.0 Å². The van der Waals surface area contributed by atoms with Crippen molar-refractivity contribution in [1.82, 2.24) is 10.2 Å². The van der Waals surface area contributed by atoms with Gasteiger partial charge in [0.15, 0.2) is 0 Å². The molecule has 1 aromatic carbocycles. The lowest BCUT2D eigenvalue weighted by atomic mass is 10.0. The van der Waals surface area contributed by atoms with Gasteiger partial charge in [-0.05, 0) is 65.2 Å². The molecule has 7 nitrogen and oxygen atoms in total. The highest BCUT2D eigenvalue weighted by atomic mass is 16.5. The first kappa shape index (κ1) is 59.9. The third-order valence-corrected chi connectivity index (χ3v) is 12.1. The number of carbonyl (C=O) groups is 2. The van der Waals surface area contributed by atoms with Crippen LogP contribution in [0.4, 0.5) is 4.79 Å². The first-order chi connectivity index (χ1) is 30.1. The van der Waals surface area contributed by atoms with Gasteiger partial charge in [-0.3, -0.25) is 4.79 Å². The Morgan fingerprint density at radius 1 is 0.548 bits per heavy atom. The number of unbranched alkanes of at least 4 members (excludes halogenated alkanes) is 30. The molecular weight excluding hydrogens is 769 g/mol. The van der Waals surface area contributed by atoms with Crippen LogP contribution in [0.5, 0.6) is 0 Å². The maximum absolute atomic E-state index is 13.6. The SMILES string of the molecule is CCCCCCCCCCCCCCCCCCN(CCCCCCCCCCCCCCCCCC)C(=O)c1ccc(CNC(=O)OCC)cc1.COC(C)(C)COC(C)C. The fraction of sp³-hybridized carbons (Fsp3) is 0.855. The van der Waals surface area contributed by atoms with Crippen LogP contribution in [-0.2, 0) is 20.8 Å². The average molecular weight is 873 g/mol. The molecule has 0 aliphatic heterocycles. The van der Waals surface area contributed by atoms with Crippen LogP contribution >= 0.6 is 0 Å². The van der Waals surface area contributed by atoms with Gasteiger partial charge in [0.05, 0.1) is 24.9 Å². The van der Waals surface area contributed by atoms with Gasteiger partial charge in [0.1, 0.15) is 0 Å². The third kappa shape index (κ3) is 39.5. The summed E-state index contributed by atoms with van der Waals surface area (Å²) in [4.78, 5) is 27.4. The number of amides is 2. The van der Waals surface area contributed by atoms with E-state index in [2.05, 4.69) is 24.1 Å². The standard InChI is InChI=1S/C47H86N2O3.C8H18O2/c1-4-7-9-11-13-15-17-19-21-23-25-27-29-31-33-35-41-49(46(50)45-39-37-44(38-40-45)43-48-47(51)52-6-3)42-36-34-32-30-28-26-24-22-20-18-16-14-12-10-8-5-2;1-7(2)10-6-8(3,4)9-5/h37-40H,4-36,41-43H2,1-3H3,(H,48,51);7H,6H2,1-5H3. The Bertz CT molecular complexity index is 1070. The molecule has 0 aliphatic rings. The quantitative estimate of drug-likeness (QED) is 0.0662. The minimum Gasteiger partial charge on any atom is -0.450 e. The van der Waals surface area contributed by atoms with Crippen molar-refractivity contribution >= 4 is 12.0 Å². The highest BCUT2D eigenvalue weighted by Gasteiger charge is 2.17. The van der Waals surface area contributed by atoms with Crippen LogP contribution in [-0.4, -0.2) is 62.0 Å². The van der Waals surface area contributed by atoms with Crippen molar-refractivity contribution in [2.75, 3.05) is 33.4 Å². The topological polar surface area (TPSA) is 77.1 Å². The van der Waals surface area contributed by atoms with Crippen molar-refractivity contribution in [3.05, 3.63) is 35.4 Å². The smallest absolute Gasteiger partial charge is 0.407 e. The predicted molar refractivity (Wildman–Crippen MR) is 267 cm³/mol. The van der Waals surface area contributed by atoms with E-state index in [9.17, 15) is 9.59 Å². The van der Waals surface area contributed by atoms with Gasteiger partial charge in [-0.25, -0.2) is 4.79 Å². The van der Waals surface area contributed by atoms with Gasteiger partial charge in [-0.2, -0.15) is 0 Å². The summed E-state index contributed by atoms with van der Waals surface area (Å²) in [6.07, 6.45) is 43.4. The zero-order valence-corrected chi connectivity index (χ0v) is 42.5. The number of hydrogen-bond donors (Lipinski definition) is 1. The van der Waals surface area contributed by atoms with Crippen LogP contribution < -0.4 is 5.32 Å². The van der Waals surface area contributed by atoms with Crippen molar-refractivity contribution in [3.63, 3.8) is 0 Å². The van der Waals surface area contributed by atoms with E-state index < -0.39 is 6.09 Å². The minimum absolute atomic E-state index is 0.145. The highest BCUT2D eigenvalue weighted by Crippen LogP contribution is 2.17. The highest BCUT2D eigenvalue weighted by molar-refractivity contribution is 5.94. The van der Waals surface area contributed by atoms with Crippen LogP contribution in [0.25, 0.3) is 0 Å². The second-order valence-electron chi connectivity index (χ2n) is 19.0. The molecule has 2 amide bonds. The molecular formula is C55H104N2O5. The maximum Gasteiger partial charge on any atom is 0.407 e. The molecule has 1 aromatic rings. The van der Waals surface area contributed by atoms with Crippen LogP contribution in [0.15, 0.2) is 24.3 Å². The third-order valence-electron chi connectivity index (χ3n) is 12.1. The molecule has 0 radical (unpaired) electrons. The Morgan fingerprint density at radius 2 is 0.887 bits per heavy atom. The fourth-order valence-corrected chi connectivity index (χ4v) is 7.75. The summed E-state index contributed by atoms with van der Waals surface area (Å²) in [6, 6.07) is 7.72. The Hall–Kier alpha value is -2.12. The predicted octanol–water partition coefficient (Wildman–Crippen LogP) is 16.7. The summed E-state index contributed by atoms with van der Waals surface area (Å²) in [5.41, 5.74) is 1.56. The van der Waals surface area contributed by atoms with Crippen molar-refractivity contribution in [2.24, 2.45) is 0 Å². The summed E-state index contributed by atoms with van der Waals surface area (Å²) in [6.45, 7) is 17.5. The number of benzene rings is 1. The number of rotatable bonds is 42. The molecule has 0 atom stereocenters. The lowest BCUT2D eigenvalue weighted by Crippen LogP contribution is -2.33. The Labute approximate surface area is 385 Å². The second-order valence-corrected chi connectivity index (χ2v) is 19.0. The van der Waals surface area contributed by atoms with E-state index >= 15 is 0 Å². The van der Waals surface area contributed by atoms with Crippen molar-refractivity contribution in [2.45, 2.75) is 272 Å². The van der Waals surface area contributed by atoms with Gasteiger partial charge in [-0.1, -0.05) is 219 Å². The number of hydrogen-bond acceptors (Lipinski definition) is 5. The summed E-state index contributed by atoms with van der Waals surface area (Å²) in [5.74, 6) is 0.145. The molecule has 0 unspecified atom stereocenters. The van der Waals surface area contributed by atoms with Crippen LogP contribution in [0.1, 0.15) is 270 Å². The molecule has 0 spiro atoms. The lowest BCUT2D eigenvalue weighted by molar-refractivity contribution is -0.0670. The molecule has 0 fully saturated rings. The minimum atomic E-state index is -0.411. The fourth-order valence-electron chi connectivity index (χ4n) is 7.75. The first-order valence-corrected chi connectivity index (χ1v) is 26.6. The van der Waals surface area contributed by atoms with E-state index in [1.165, 1.54) is 193 Å². The van der Waals surface area contributed by atoms with Crippen molar-refractivity contribution < 1.29 is 23.8 Å². The number of nitrogens with zero attached hydrogens (tertiary/aromatic N) is 1. The first-order valence-electron chi connectivity index (χ1n) is 26.6. The zero-order chi connectivity index (χ0) is 45.8. The number of carbonyl (C=O) groups excluding carboxylic acids is 2. The van der Waals surface area contributed by atoms with Crippen molar-refractivity contribution in [3.8, 4) is 0 Å². The molecule has 0 aromatic heterocycles. The van der Waals surface area contributed by atoms with E-state index in [4.69, 9.17) is 14.2 Å². The molecule has 0 saturated carbocycles. The molecule has 62 heavy (non-hydrogen) atoms. The molecule has 1 N–H and O–H groups in total. The molecule has 1 rings (SSSR count). The monoisotopic (exact) mass is 873 g/mol.